The van der Waals surface area contributed by atoms with Crippen molar-refractivity contribution < 1.29 is 0 Å². The van der Waals surface area contributed by atoms with Crippen molar-refractivity contribution in [1.29, 1.82) is 0 Å². The summed E-state index contributed by atoms with van der Waals surface area (Å²) in [6, 6.07) is 0. The lowest BCUT2D eigenvalue weighted by Gasteiger charge is -2.06. The van der Waals surface area contributed by atoms with E-state index in [4.69, 9.17) is 11.6 Å². The van der Waals surface area contributed by atoms with Crippen LogP contribution in [0.25, 0.3) is 0 Å². The zero-order chi connectivity index (χ0) is 10.7. The molecular formula is C7H9ClN6S. The number of hydrogen-bond donors (Lipinski definition) is 2. The van der Waals surface area contributed by atoms with Gasteiger partial charge in [0.05, 0.1) is 0 Å². The first-order valence-electron chi connectivity index (χ1n) is 4.34. The van der Waals surface area contributed by atoms with Gasteiger partial charge in [0.15, 0.2) is 11.0 Å². The van der Waals surface area contributed by atoms with E-state index in [1.165, 1.54) is 11.3 Å². The summed E-state index contributed by atoms with van der Waals surface area (Å²) >= 11 is 7.17. The van der Waals surface area contributed by atoms with Gasteiger partial charge in [0.2, 0.25) is 0 Å². The molecule has 8 heteroatoms. The van der Waals surface area contributed by atoms with Crippen LogP contribution in [0.1, 0.15) is 18.7 Å². The molecule has 6 nitrogen and oxygen atoms in total. The number of nitrogens with one attached hydrogen (secondary N) is 2. The fourth-order valence-electron chi connectivity index (χ4n) is 1.05. The Morgan fingerprint density at radius 2 is 2.53 bits per heavy atom. The van der Waals surface area contributed by atoms with Crippen LogP contribution >= 0.6 is 22.9 Å². The van der Waals surface area contributed by atoms with E-state index in [-0.39, 0.29) is 5.92 Å². The van der Waals surface area contributed by atoms with Gasteiger partial charge in [0, 0.05) is 17.8 Å². The molecule has 0 aromatic carbocycles. The highest BCUT2D eigenvalue weighted by molar-refractivity contribution is 7.14. The average Bonchev–Trinajstić information content (AvgIpc) is 2.84. The Balaban J connectivity index is 1.88. The number of hydrogen-bond acceptors (Lipinski definition) is 6. The molecule has 0 fully saturated rings. The second-order valence-corrected chi connectivity index (χ2v) is 4.27. The predicted octanol–water partition coefficient (Wildman–Crippen LogP) is 1.53. The van der Waals surface area contributed by atoms with Gasteiger partial charge >= 0.3 is 0 Å². The molecule has 0 aliphatic carbocycles. The van der Waals surface area contributed by atoms with Gasteiger partial charge in [-0.25, -0.2) is 4.98 Å². The normalized spacial score (nSPS) is 12.7. The SMILES string of the molecule is CC(CNc1nc(Cl)cs1)c1nn[nH]n1. The first kappa shape index (κ1) is 10.3. The Morgan fingerprint density at radius 1 is 1.67 bits per heavy atom. The molecule has 2 aromatic heterocycles. The van der Waals surface area contributed by atoms with Crippen LogP contribution in [0.3, 0.4) is 0 Å². The maximum atomic E-state index is 5.69. The molecule has 15 heavy (non-hydrogen) atoms. The van der Waals surface area contributed by atoms with Crippen molar-refractivity contribution >= 4 is 28.1 Å². The maximum absolute atomic E-state index is 5.69. The smallest absolute Gasteiger partial charge is 0.184 e. The number of halogens is 1. The third-order valence-corrected chi connectivity index (χ3v) is 2.96. The number of rotatable bonds is 4. The summed E-state index contributed by atoms with van der Waals surface area (Å²) in [4.78, 5) is 4.07. The zero-order valence-electron chi connectivity index (χ0n) is 7.94. The van der Waals surface area contributed by atoms with Gasteiger partial charge < -0.3 is 5.32 Å². The average molecular weight is 245 g/mol. The molecule has 0 saturated carbocycles. The van der Waals surface area contributed by atoms with Crippen molar-refractivity contribution in [2.45, 2.75) is 12.8 Å². The van der Waals surface area contributed by atoms with Crippen molar-refractivity contribution in [1.82, 2.24) is 25.6 Å². The quantitative estimate of drug-likeness (QED) is 0.853. The number of thiazole rings is 1. The van der Waals surface area contributed by atoms with E-state index in [1.54, 1.807) is 5.38 Å². The number of H-pyrrole nitrogens is 1. The van der Waals surface area contributed by atoms with Crippen LogP contribution in [0, 0.1) is 0 Å². The minimum atomic E-state index is 0.173. The summed E-state index contributed by atoms with van der Waals surface area (Å²) in [7, 11) is 0. The fourth-order valence-corrected chi connectivity index (χ4v) is 1.89. The van der Waals surface area contributed by atoms with Crippen LogP contribution in [-0.4, -0.2) is 32.2 Å². The second-order valence-electron chi connectivity index (χ2n) is 3.03. The molecule has 2 heterocycles. The van der Waals surface area contributed by atoms with Crippen molar-refractivity contribution in [3.05, 3.63) is 16.4 Å². The number of aromatic amines is 1. The maximum Gasteiger partial charge on any atom is 0.184 e. The van der Waals surface area contributed by atoms with Crippen LogP contribution in [0.4, 0.5) is 5.13 Å². The molecule has 1 unspecified atom stereocenters. The second kappa shape index (κ2) is 4.54. The molecule has 0 amide bonds. The Labute approximate surface area is 95.1 Å². The Bertz CT molecular complexity index is 413. The number of tetrazole rings is 1. The standard InChI is InChI=1S/C7H9ClN6S/c1-4(6-11-13-14-12-6)2-9-7-10-5(8)3-15-7/h3-4H,2H2,1H3,(H,9,10)(H,11,12,13,14). The van der Waals surface area contributed by atoms with Gasteiger partial charge in [0.1, 0.15) is 5.15 Å². The van der Waals surface area contributed by atoms with Crippen LogP contribution in [0.5, 0.6) is 0 Å². The third kappa shape index (κ3) is 2.63. The van der Waals surface area contributed by atoms with Crippen molar-refractivity contribution in [2.75, 3.05) is 11.9 Å². The molecule has 0 aliphatic rings. The molecule has 0 aliphatic heterocycles. The molecule has 0 saturated heterocycles. The molecule has 0 radical (unpaired) electrons. The summed E-state index contributed by atoms with van der Waals surface area (Å²) in [5.41, 5.74) is 0. The minimum absolute atomic E-state index is 0.173. The van der Waals surface area contributed by atoms with Gasteiger partial charge in [0.25, 0.3) is 0 Å². The van der Waals surface area contributed by atoms with Crippen LogP contribution in [0.15, 0.2) is 5.38 Å². The largest absolute Gasteiger partial charge is 0.361 e. The Morgan fingerprint density at radius 3 is 3.13 bits per heavy atom. The summed E-state index contributed by atoms with van der Waals surface area (Å²) in [6.45, 7) is 2.70. The van der Waals surface area contributed by atoms with Crippen LogP contribution in [0.2, 0.25) is 5.15 Å². The molecule has 2 aromatic rings. The van der Waals surface area contributed by atoms with Crippen molar-refractivity contribution in [3.8, 4) is 0 Å². The third-order valence-electron chi connectivity index (χ3n) is 1.84. The van der Waals surface area contributed by atoms with E-state index >= 15 is 0 Å². The monoisotopic (exact) mass is 244 g/mol. The van der Waals surface area contributed by atoms with E-state index in [9.17, 15) is 0 Å². The minimum Gasteiger partial charge on any atom is -0.361 e. The van der Waals surface area contributed by atoms with Crippen molar-refractivity contribution in [3.63, 3.8) is 0 Å². The van der Waals surface area contributed by atoms with Crippen LogP contribution in [-0.2, 0) is 0 Å². The van der Waals surface area contributed by atoms with Gasteiger partial charge in [-0.15, -0.1) is 21.5 Å². The number of nitrogens with zero attached hydrogens (tertiary/aromatic N) is 4. The Hall–Kier alpha value is -1.21. The van der Waals surface area contributed by atoms with E-state index in [2.05, 4.69) is 30.9 Å². The van der Waals surface area contributed by atoms with Gasteiger partial charge in [-0.1, -0.05) is 23.7 Å². The van der Waals surface area contributed by atoms with E-state index in [1.807, 2.05) is 6.92 Å². The zero-order valence-corrected chi connectivity index (χ0v) is 9.51. The number of aromatic nitrogens is 5. The first-order chi connectivity index (χ1) is 7.25. The fraction of sp³-hybridized carbons (Fsp3) is 0.429. The van der Waals surface area contributed by atoms with Gasteiger partial charge in [-0.2, -0.15) is 5.21 Å². The summed E-state index contributed by atoms with van der Waals surface area (Å²) < 4.78 is 0. The lowest BCUT2D eigenvalue weighted by molar-refractivity contribution is 0.736. The lowest BCUT2D eigenvalue weighted by atomic mass is 10.2. The Kier molecular flexibility index (Phi) is 3.12. The highest BCUT2D eigenvalue weighted by Gasteiger charge is 2.10. The highest BCUT2D eigenvalue weighted by atomic mass is 35.5. The first-order valence-corrected chi connectivity index (χ1v) is 5.59. The summed E-state index contributed by atoms with van der Waals surface area (Å²) in [5, 5.41) is 20.0. The van der Waals surface area contributed by atoms with Gasteiger partial charge in [-0.3, -0.25) is 0 Å². The van der Waals surface area contributed by atoms with Gasteiger partial charge in [-0.05, 0) is 0 Å². The molecule has 0 bridgehead atoms. The predicted molar refractivity (Wildman–Crippen MR) is 58.2 cm³/mol. The van der Waals surface area contributed by atoms with E-state index in [0.717, 1.165) is 5.13 Å². The van der Waals surface area contributed by atoms with E-state index < -0.39 is 0 Å². The topological polar surface area (TPSA) is 79.4 Å². The molecule has 1 atom stereocenters. The number of anilines is 1. The highest BCUT2D eigenvalue weighted by Crippen LogP contribution is 2.19. The summed E-state index contributed by atoms with van der Waals surface area (Å²) in [5.74, 6) is 0.858. The lowest BCUT2D eigenvalue weighted by Crippen LogP contribution is -2.11. The van der Waals surface area contributed by atoms with Crippen molar-refractivity contribution in [2.24, 2.45) is 0 Å². The van der Waals surface area contributed by atoms with E-state index in [0.29, 0.717) is 17.5 Å². The summed E-state index contributed by atoms with van der Waals surface area (Å²) in [6.07, 6.45) is 0. The molecule has 2 N–H and O–H groups in total. The molecule has 2 rings (SSSR count). The molecule has 80 valence electrons. The van der Waals surface area contributed by atoms with Crippen LogP contribution < -0.4 is 5.32 Å². The molecule has 0 spiro atoms. The molecular weight excluding hydrogens is 236 g/mol.